The van der Waals surface area contributed by atoms with E-state index in [-0.39, 0.29) is 23.0 Å². The van der Waals surface area contributed by atoms with Crippen molar-refractivity contribution in [2.45, 2.75) is 6.54 Å². The first-order chi connectivity index (χ1) is 12.9. The molecule has 0 saturated heterocycles. The molecule has 0 amide bonds. The number of aromatic nitrogens is 1. The van der Waals surface area contributed by atoms with E-state index < -0.39 is 0 Å². The number of phenols is 4. The number of hydrogen-bond acceptors (Lipinski definition) is 5. The van der Waals surface area contributed by atoms with Gasteiger partial charge >= 0.3 is 0 Å². The van der Waals surface area contributed by atoms with Gasteiger partial charge in [-0.05, 0) is 45.8 Å². The minimum absolute atomic E-state index is 0.278. The molecule has 0 spiro atoms. The van der Waals surface area contributed by atoms with E-state index in [1.165, 1.54) is 18.2 Å². The van der Waals surface area contributed by atoms with Gasteiger partial charge in [0.15, 0.2) is 23.0 Å². The van der Waals surface area contributed by atoms with Crippen molar-refractivity contribution in [3.63, 3.8) is 0 Å². The predicted molar refractivity (Wildman–Crippen MR) is 104 cm³/mol. The zero-order chi connectivity index (χ0) is 19.3. The average Bonchev–Trinajstić information content (AvgIpc) is 2.95. The zero-order valence-corrected chi connectivity index (χ0v) is 15.4. The summed E-state index contributed by atoms with van der Waals surface area (Å²) in [7, 11) is 0. The predicted octanol–water partition coefficient (Wildman–Crippen LogP) is 4.30. The lowest BCUT2D eigenvalue weighted by atomic mass is 10.1. The third-order valence-corrected chi connectivity index (χ3v) is 5.18. The number of benzene rings is 3. The Morgan fingerprint density at radius 2 is 1.59 bits per heavy atom. The fraction of sp³-hybridized carbons (Fsp3) is 0.0500. The van der Waals surface area contributed by atoms with Gasteiger partial charge in [0, 0.05) is 27.9 Å². The summed E-state index contributed by atoms with van der Waals surface area (Å²) in [6, 6.07) is 13.3. The molecule has 0 bridgehead atoms. The van der Waals surface area contributed by atoms with Gasteiger partial charge < -0.3 is 25.0 Å². The molecular formula is C20H13BrN2O4. The van der Waals surface area contributed by atoms with Crippen LogP contribution in [0.2, 0.25) is 0 Å². The molecule has 0 radical (unpaired) electrons. The van der Waals surface area contributed by atoms with Crippen LogP contribution in [-0.2, 0) is 6.54 Å². The molecule has 1 heterocycles. The summed E-state index contributed by atoms with van der Waals surface area (Å²) in [6.45, 7) is 0.319. The third-order valence-electron chi connectivity index (χ3n) is 4.55. The van der Waals surface area contributed by atoms with Gasteiger partial charge in [0.05, 0.1) is 22.7 Å². The highest BCUT2D eigenvalue weighted by Crippen LogP contribution is 2.46. The molecule has 7 heteroatoms. The van der Waals surface area contributed by atoms with Crippen LogP contribution in [0.1, 0.15) is 11.1 Å². The topological polar surface area (TPSA) is 110 Å². The molecule has 0 aliphatic carbocycles. The maximum absolute atomic E-state index is 10.5. The minimum Gasteiger partial charge on any atom is -0.504 e. The van der Waals surface area contributed by atoms with E-state index in [0.29, 0.717) is 38.4 Å². The Bertz CT molecular complexity index is 1250. The molecule has 0 atom stereocenters. The van der Waals surface area contributed by atoms with E-state index in [0.717, 1.165) is 5.56 Å². The Balaban J connectivity index is 2.07. The third kappa shape index (κ3) is 2.62. The van der Waals surface area contributed by atoms with Crippen LogP contribution in [0.15, 0.2) is 46.9 Å². The van der Waals surface area contributed by atoms with E-state index in [4.69, 9.17) is 5.26 Å². The number of hydrogen-bond donors (Lipinski definition) is 4. The number of phenolic OH excluding ortho intramolecular Hbond substituents is 4. The van der Waals surface area contributed by atoms with Crippen molar-refractivity contribution in [2.24, 2.45) is 0 Å². The summed E-state index contributed by atoms with van der Waals surface area (Å²) in [4.78, 5) is 0. The van der Waals surface area contributed by atoms with E-state index in [1.54, 1.807) is 28.8 Å². The van der Waals surface area contributed by atoms with E-state index in [2.05, 4.69) is 22.0 Å². The second-order valence-electron chi connectivity index (χ2n) is 6.20. The van der Waals surface area contributed by atoms with Crippen LogP contribution in [0, 0.1) is 11.3 Å². The van der Waals surface area contributed by atoms with Crippen LogP contribution in [-0.4, -0.2) is 25.0 Å². The van der Waals surface area contributed by atoms with Crippen molar-refractivity contribution in [3.8, 4) is 29.1 Å². The normalized spacial score (nSPS) is 11.1. The number of aromatic hydroxyl groups is 4. The van der Waals surface area contributed by atoms with Crippen molar-refractivity contribution in [2.75, 3.05) is 0 Å². The summed E-state index contributed by atoms with van der Waals surface area (Å²) in [6.07, 6.45) is 0. The van der Waals surface area contributed by atoms with Crippen molar-refractivity contribution >= 4 is 37.7 Å². The SMILES string of the molecule is N#Cc1ccc(Cn2c3cc(O)c(O)cc3c3c(Br)cc(O)c(O)c32)cc1. The summed E-state index contributed by atoms with van der Waals surface area (Å²) in [5.74, 6) is -1.14. The Kier molecular flexibility index (Phi) is 3.86. The smallest absolute Gasteiger partial charge is 0.182 e. The van der Waals surface area contributed by atoms with Gasteiger partial charge in [0.1, 0.15) is 0 Å². The number of halogens is 1. The highest BCUT2D eigenvalue weighted by molar-refractivity contribution is 9.10. The first-order valence-corrected chi connectivity index (χ1v) is 8.77. The second kappa shape index (κ2) is 6.11. The molecular weight excluding hydrogens is 412 g/mol. The number of fused-ring (bicyclic) bond motifs is 3. The van der Waals surface area contributed by atoms with Crippen LogP contribution >= 0.6 is 15.9 Å². The van der Waals surface area contributed by atoms with Crippen LogP contribution < -0.4 is 0 Å². The number of nitrogens with zero attached hydrogens (tertiary/aromatic N) is 2. The number of nitriles is 1. The van der Waals surface area contributed by atoms with Gasteiger partial charge in [-0.1, -0.05) is 12.1 Å². The van der Waals surface area contributed by atoms with Crippen LogP contribution in [0.3, 0.4) is 0 Å². The van der Waals surface area contributed by atoms with Crippen molar-refractivity contribution < 1.29 is 20.4 Å². The lowest BCUT2D eigenvalue weighted by molar-refractivity contribution is 0.404. The van der Waals surface area contributed by atoms with Gasteiger partial charge in [-0.2, -0.15) is 5.26 Å². The Morgan fingerprint density at radius 3 is 2.26 bits per heavy atom. The summed E-state index contributed by atoms with van der Waals surface area (Å²) >= 11 is 3.40. The van der Waals surface area contributed by atoms with Gasteiger partial charge in [-0.15, -0.1) is 0 Å². The molecule has 4 rings (SSSR count). The van der Waals surface area contributed by atoms with Crippen LogP contribution in [0.5, 0.6) is 23.0 Å². The van der Waals surface area contributed by atoms with E-state index in [9.17, 15) is 20.4 Å². The average molecular weight is 425 g/mol. The van der Waals surface area contributed by atoms with Crippen molar-refractivity contribution in [3.05, 3.63) is 58.1 Å². The summed E-state index contributed by atoms with van der Waals surface area (Å²) < 4.78 is 2.28. The quantitative estimate of drug-likeness (QED) is 0.358. The van der Waals surface area contributed by atoms with Gasteiger partial charge in [0.2, 0.25) is 0 Å². The minimum atomic E-state index is -0.294. The molecule has 0 unspecified atom stereocenters. The molecule has 4 N–H and O–H groups in total. The van der Waals surface area contributed by atoms with Gasteiger partial charge in [0.25, 0.3) is 0 Å². The van der Waals surface area contributed by atoms with Crippen molar-refractivity contribution in [1.82, 2.24) is 4.57 Å². The summed E-state index contributed by atoms with van der Waals surface area (Å²) in [5.41, 5.74) is 2.34. The molecule has 134 valence electrons. The molecule has 0 aliphatic rings. The molecule has 6 nitrogen and oxygen atoms in total. The monoisotopic (exact) mass is 424 g/mol. The van der Waals surface area contributed by atoms with E-state index in [1.807, 2.05) is 0 Å². The number of rotatable bonds is 2. The maximum atomic E-state index is 10.5. The Labute approximate surface area is 161 Å². The molecule has 4 aromatic rings. The Hall–Kier alpha value is -3.37. The zero-order valence-electron chi connectivity index (χ0n) is 13.8. The first kappa shape index (κ1) is 17.1. The van der Waals surface area contributed by atoms with Gasteiger partial charge in [-0.3, -0.25) is 0 Å². The first-order valence-electron chi connectivity index (χ1n) is 7.98. The highest BCUT2D eigenvalue weighted by Gasteiger charge is 2.21. The summed E-state index contributed by atoms with van der Waals surface area (Å²) in [5, 5.41) is 50.6. The van der Waals surface area contributed by atoms with Crippen molar-refractivity contribution in [1.29, 1.82) is 5.26 Å². The van der Waals surface area contributed by atoms with Crippen LogP contribution in [0.25, 0.3) is 21.8 Å². The standard InChI is InChI=1S/C20H13BrN2O4/c21-13-6-17(26)20(27)19-18(13)12-5-15(24)16(25)7-14(12)23(19)9-11-3-1-10(8-22)2-4-11/h1-7,24-27H,9H2. The highest BCUT2D eigenvalue weighted by atomic mass is 79.9. The lowest BCUT2D eigenvalue weighted by Crippen LogP contribution is -1.99. The van der Waals surface area contributed by atoms with E-state index >= 15 is 0 Å². The fourth-order valence-electron chi connectivity index (χ4n) is 3.27. The molecule has 27 heavy (non-hydrogen) atoms. The molecule has 0 fully saturated rings. The molecule has 0 saturated carbocycles. The van der Waals surface area contributed by atoms with Crippen LogP contribution in [0.4, 0.5) is 0 Å². The molecule has 0 aliphatic heterocycles. The second-order valence-corrected chi connectivity index (χ2v) is 7.06. The largest absolute Gasteiger partial charge is 0.504 e. The maximum Gasteiger partial charge on any atom is 0.182 e. The molecule has 1 aromatic heterocycles. The molecule has 3 aromatic carbocycles. The Morgan fingerprint density at radius 1 is 0.926 bits per heavy atom. The fourth-order valence-corrected chi connectivity index (χ4v) is 3.89. The lowest BCUT2D eigenvalue weighted by Gasteiger charge is -2.10. The van der Waals surface area contributed by atoms with Gasteiger partial charge in [-0.25, -0.2) is 0 Å².